The first kappa shape index (κ1) is 19.0. The number of aromatic nitrogens is 3. The van der Waals surface area contributed by atoms with Crippen LogP contribution >= 0.6 is 22.9 Å². The number of fused-ring (bicyclic) bond motifs is 1. The van der Waals surface area contributed by atoms with Crippen LogP contribution in [0.4, 0.5) is 4.39 Å². The molecule has 0 spiro atoms. The Morgan fingerprint density at radius 1 is 1.43 bits per heavy atom. The number of amides is 1. The quantitative estimate of drug-likeness (QED) is 0.689. The second kappa shape index (κ2) is 7.98. The first-order valence-corrected chi connectivity index (χ1v) is 10.2. The first-order valence-electron chi connectivity index (χ1n) is 8.97. The van der Waals surface area contributed by atoms with E-state index in [2.05, 4.69) is 38.9 Å². The van der Waals surface area contributed by atoms with Crippen LogP contribution in [0.15, 0.2) is 35.8 Å². The van der Waals surface area contributed by atoms with Gasteiger partial charge in [0.15, 0.2) is 11.5 Å². The lowest BCUT2D eigenvalue weighted by Gasteiger charge is -2.32. The molecule has 4 rings (SSSR count). The Kier molecular flexibility index (Phi) is 5.43. The van der Waals surface area contributed by atoms with E-state index in [1.807, 2.05) is 11.3 Å². The number of halogens is 2. The van der Waals surface area contributed by atoms with E-state index in [1.165, 1.54) is 33.5 Å². The molecule has 2 aromatic heterocycles. The minimum absolute atomic E-state index is 0.0110. The molecule has 0 fully saturated rings. The molecule has 0 bridgehead atoms. The molecule has 0 aliphatic carbocycles. The van der Waals surface area contributed by atoms with Crippen molar-refractivity contribution in [2.75, 3.05) is 13.1 Å². The zero-order valence-electron chi connectivity index (χ0n) is 15.2. The molecule has 1 amide bonds. The number of hydrogen-bond acceptors (Lipinski definition) is 5. The average Bonchev–Trinajstić information content (AvgIpc) is 3.36. The van der Waals surface area contributed by atoms with Crippen LogP contribution in [0.1, 0.15) is 27.9 Å². The van der Waals surface area contributed by atoms with Gasteiger partial charge in [0.05, 0.1) is 11.2 Å². The van der Waals surface area contributed by atoms with Gasteiger partial charge >= 0.3 is 0 Å². The van der Waals surface area contributed by atoms with Crippen molar-refractivity contribution in [3.05, 3.63) is 62.8 Å². The topological polar surface area (TPSA) is 63.1 Å². The first-order chi connectivity index (χ1) is 13.5. The maximum atomic E-state index is 14.1. The Morgan fingerprint density at radius 2 is 2.29 bits per heavy atom. The fourth-order valence-corrected chi connectivity index (χ4v) is 4.32. The molecule has 1 aliphatic rings. The number of carbonyl (C=O) groups is 1. The normalized spacial score (nSPS) is 15.2. The van der Waals surface area contributed by atoms with Gasteiger partial charge in [0.2, 0.25) is 0 Å². The molecular weight excluding hydrogens is 401 g/mol. The fourth-order valence-electron chi connectivity index (χ4n) is 3.26. The summed E-state index contributed by atoms with van der Waals surface area (Å²) in [7, 11) is 0. The molecule has 1 atom stereocenters. The van der Waals surface area contributed by atoms with Gasteiger partial charge in [-0.1, -0.05) is 22.9 Å². The summed E-state index contributed by atoms with van der Waals surface area (Å²) >= 11 is 7.60. The molecule has 146 valence electrons. The summed E-state index contributed by atoms with van der Waals surface area (Å²) < 4.78 is 15.3. The van der Waals surface area contributed by atoms with Crippen LogP contribution in [0.2, 0.25) is 5.02 Å². The maximum absolute atomic E-state index is 14.1. The zero-order chi connectivity index (χ0) is 19.7. The third kappa shape index (κ3) is 3.80. The van der Waals surface area contributed by atoms with Crippen molar-refractivity contribution < 1.29 is 9.18 Å². The molecule has 1 unspecified atom stereocenters. The highest BCUT2D eigenvalue weighted by atomic mass is 35.5. The third-order valence-corrected chi connectivity index (χ3v) is 6.24. The molecule has 3 heterocycles. The summed E-state index contributed by atoms with van der Waals surface area (Å²) in [6.07, 6.45) is 2.44. The van der Waals surface area contributed by atoms with Crippen molar-refractivity contribution in [1.29, 1.82) is 0 Å². The molecule has 1 N–H and O–H groups in total. The summed E-state index contributed by atoms with van der Waals surface area (Å²) in [4.78, 5) is 16.2. The van der Waals surface area contributed by atoms with Crippen molar-refractivity contribution in [3.8, 4) is 5.69 Å². The number of hydrogen-bond donors (Lipinski definition) is 1. The van der Waals surface area contributed by atoms with Gasteiger partial charge in [0, 0.05) is 30.6 Å². The van der Waals surface area contributed by atoms with E-state index in [9.17, 15) is 9.18 Å². The summed E-state index contributed by atoms with van der Waals surface area (Å²) in [5.74, 6) is -0.943. The third-order valence-electron chi connectivity index (χ3n) is 4.92. The van der Waals surface area contributed by atoms with Crippen molar-refractivity contribution in [3.63, 3.8) is 0 Å². The standard InChI is InChI=1S/C19H19ClFN5OS/c1-12(25-7-5-17-13(10-25)6-8-28-17)9-22-19(27)15-11-26(24-23-15)16-4-2-3-14(20)18(16)21/h2-4,6,8,11-12H,5,7,9-10H2,1H3,(H,22,27). The molecular formula is C19H19ClFN5OS. The van der Waals surface area contributed by atoms with E-state index in [0.29, 0.717) is 6.54 Å². The summed E-state index contributed by atoms with van der Waals surface area (Å²) in [6.45, 7) is 4.47. The summed E-state index contributed by atoms with van der Waals surface area (Å²) in [5, 5.41) is 12.7. The molecule has 28 heavy (non-hydrogen) atoms. The van der Waals surface area contributed by atoms with Crippen LogP contribution in [-0.2, 0) is 13.0 Å². The average molecular weight is 420 g/mol. The predicted molar refractivity (Wildman–Crippen MR) is 107 cm³/mol. The summed E-state index contributed by atoms with van der Waals surface area (Å²) in [5.41, 5.74) is 1.65. The second-order valence-corrected chi connectivity index (χ2v) is 8.18. The number of carbonyl (C=O) groups excluding carboxylic acids is 1. The van der Waals surface area contributed by atoms with Crippen molar-refractivity contribution >= 4 is 28.8 Å². The lowest BCUT2D eigenvalue weighted by Crippen LogP contribution is -2.44. The van der Waals surface area contributed by atoms with Gasteiger partial charge in [0.1, 0.15) is 5.69 Å². The summed E-state index contributed by atoms with van der Waals surface area (Å²) in [6, 6.07) is 6.95. The Morgan fingerprint density at radius 3 is 3.14 bits per heavy atom. The highest BCUT2D eigenvalue weighted by Gasteiger charge is 2.22. The van der Waals surface area contributed by atoms with Gasteiger partial charge in [-0.25, -0.2) is 9.07 Å². The van der Waals surface area contributed by atoms with Gasteiger partial charge in [0.25, 0.3) is 5.91 Å². The molecule has 3 aromatic rings. The van der Waals surface area contributed by atoms with Gasteiger partial charge in [-0.15, -0.1) is 16.4 Å². The Hall–Kier alpha value is -2.29. The van der Waals surface area contributed by atoms with Gasteiger partial charge in [-0.05, 0) is 42.5 Å². The number of nitrogens with one attached hydrogen (secondary N) is 1. The van der Waals surface area contributed by atoms with E-state index in [-0.39, 0.29) is 28.4 Å². The maximum Gasteiger partial charge on any atom is 0.273 e. The number of benzene rings is 1. The van der Waals surface area contributed by atoms with E-state index < -0.39 is 5.82 Å². The second-order valence-electron chi connectivity index (χ2n) is 6.77. The lowest BCUT2D eigenvalue weighted by molar-refractivity contribution is 0.0927. The minimum atomic E-state index is -0.604. The smallest absolute Gasteiger partial charge is 0.273 e. The fraction of sp³-hybridized carbons (Fsp3) is 0.316. The Labute approximate surface area is 170 Å². The number of nitrogens with zero attached hydrogens (tertiary/aromatic N) is 4. The Bertz CT molecular complexity index is 1000. The molecule has 6 nitrogen and oxygen atoms in total. The van der Waals surface area contributed by atoms with Crippen LogP contribution in [0.5, 0.6) is 0 Å². The van der Waals surface area contributed by atoms with Gasteiger partial charge < -0.3 is 5.32 Å². The molecule has 0 saturated carbocycles. The van der Waals surface area contributed by atoms with Crippen LogP contribution in [0, 0.1) is 5.82 Å². The SMILES string of the molecule is CC(CNC(=O)c1cn(-c2cccc(Cl)c2F)nn1)N1CCc2sccc2C1. The van der Waals surface area contributed by atoms with E-state index in [0.717, 1.165) is 19.5 Å². The highest BCUT2D eigenvalue weighted by Crippen LogP contribution is 2.25. The van der Waals surface area contributed by atoms with Crippen LogP contribution < -0.4 is 5.32 Å². The molecule has 1 aromatic carbocycles. The zero-order valence-corrected chi connectivity index (χ0v) is 16.8. The van der Waals surface area contributed by atoms with Crippen LogP contribution in [-0.4, -0.2) is 44.9 Å². The minimum Gasteiger partial charge on any atom is -0.349 e. The van der Waals surface area contributed by atoms with E-state index >= 15 is 0 Å². The van der Waals surface area contributed by atoms with E-state index in [1.54, 1.807) is 6.07 Å². The Balaban J connectivity index is 1.37. The van der Waals surface area contributed by atoms with Crippen LogP contribution in [0.3, 0.4) is 0 Å². The molecule has 0 saturated heterocycles. The molecule has 9 heteroatoms. The highest BCUT2D eigenvalue weighted by molar-refractivity contribution is 7.10. The van der Waals surface area contributed by atoms with E-state index in [4.69, 9.17) is 11.6 Å². The number of thiophene rings is 1. The van der Waals surface area contributed by atoms with Crippen LogP contribution in [0.25, 0.3) is 5.69 Å². The molecule has 0 radical (unpaired) electrons. The predicted octanol–water partition coefficient (Wildman–Crippen LogP) is 3.30. The van der Waals surface area contributed by atoms with Crippen molar-refractivity contribution in [1.82, 2.24) is 25.2 Å². The van der Waals surface area contributed by atoms with Gasteiger partial charge in [-0.2, -0.15) is 0 Å². The molecule has 1 aliphatic heterocycles. The van der Waals surface area contributed by atoms with Crippen molar-refractivity contribution in [2.45, 2.75) is 25.9 Å². The number of rotatable bonds is 5. The largest absolute Gasteiger partial charge is 0.349 e. The van der Waals surface area contributed by atoms with Gasteiger partial charge in [-0.3, -0.25) is 9.69 Å². The van der Waals surface area contributed by atoms with Crippen molar-refractivity contribution in [2.24, 2.45) is 0 Å². The lowest BCUT2D eigenvalue weighted by atomic mass is 10.1. The monoisotopic (exact) mass is 419 g/mol.